The summed E-state index contributed by atoms with van der Waals surface area (Å²) in [4.78, 5) is 0. The third kappa shape index (κ3) is 2.95. The first kappa shape index (κ1) is 11.5. The molecule has 0 amide bonds. The Morgan fingerprint density at radius 2 is 2.07 bits per heavy atom. The van der Waals surface area contributed by atoms with Crippen LogP contribution in [0.3, 0.4) is 0 Å². The van der Waals surface area contributed by atoms with Crippen LogP contribution in [0.4, 0.5) is 0 Å². The standard InChI is InChI=1S/C15H18/c1-4-7-10-13(5-2)15-12-9-8-11-14(15)6-3/h4-5,7-12H,1,6H2,2-3H3. The summed E-state index contributed by atoms with van der Waals surface area (Å²) in [5.74, 6) is 0. The van der Waals surface area contributed by atoms with Gasteiger partial charge in [0.15, 0.2) is 0 Å². The predicted molar refractivity (Wildman–Crippen MR) is 68.8 cm³/mol. The number of hydrogen-bond acceptors (Lipinski definition) is 0. The van der Waals surface area contributed by atoms with Gasteiger partial charge in [0.05, 0.1) is 0 Å². The van der Waals surface area contributed by atoms with Crippen molar-refractivity contribution < 1.29 is 0 Å². The fourth-order valence-electron chi connectivity index (χ4n) is 1.62. The zero-order valence-electron chi connectivity index (χ0n) is 9.53. The third-order valence-corrected chi connectivity index (χ3v) is 2.43. The van der Waals surface area contributed by atoms with Gasteiger partial charge in [-0.15, -0.1) is 0 Å². The van der Waals surface area contributed by atoms with Crippen molar-refractivity contribution in [2.75, 3.05) is 0 Å². The molecule has 1 aromatic rings. The van der Waals surface area contributed by atoms with Gasteiger partial charge < -0.3 is 0 Å². The maximum absolute atomic E-state index is 3.69. The van der Waals surface area contributed by atoms with Crippen LogP contribution in [0.2, 0.25) is 0 Å². The molecular weight excluding hydrogens is 180 g/mol. The molecule has 0 aromatic heterocycles. The Labute approximate surface area is 92.6 Å². The lowest BCUT2D eigenvalue weighted by molar-refractivity contribution is 1.13. The molecule has 0 aliphatic carbocycles. The highest BCUT2D eigenvalue weighted by Crippen LogP contribution is 2.20. The van der Waals surface area contributed by atoms with Crippen LogP contribution in [0.1, 0.15) is 25.0 Å². The van der Waals surface area contributed by atoms with E-state index in [0.717, 1.165) is 6.42 Å². The number of hydrogen-bond donors (Lipinski definition) is 0. The second kappa shape index (κ2) is 6.02. The molecule has 0 heterocycles. The minimum Gasteiger partial charge on any atom is -0.0991 e. The molecule has 0 unspecified atom stereocenters. The van der Waals surface area contributed by atoms with Crippen molar-refractivity contribution in [3.05, 3.63) is 66.3 Å². The number of allylic oxidation sites excluding steroid dienone is 5. The Hall–Kier alpha value is -1.56. The van der Waals surface area contributed by atoms with Gasteiger partial charge in [0.1, 0.15) is 0 Å². The molecule has 0 N–H and O–H groups in total. The van der Waals surface area contributed by atoms with Crippen LogP contribution in [-0.4, -0.2) is 0 Å². The largest absolute Gasteiger partial charge is 0.0991 e. The molecule has 0 fully saturated rings. The van der Waals surface area contributed by atoms with Crippen LogP contribution in [-0.2, 0) is 6.42 Å². The van der Waals surface area contributed by atoms with Crippen molar-refractivity contribution in [2.45, 2.75) is 20.3 Å². The van der Waals surface area contributed by atoms with Crippen LogP contribution in [0.5, 0.6) is 0 Å². The Kier molecular flexibility index (Phi) is 4.62. The molecule has 0 radical (unpaired) electrons. The summed E-state index contributed by atoms with van der Waals surface area (Å²) in [5, 5.41) is 0. The van der Waals surface area contributed by atoms with E-state index < -0.39 is 0 Å². The highest BCUT2D eigenvalue weighted by molar-refractivity contribution is 5.76. The Morgan fingerprint density at radius 1 is 1.33 bits per heavy atom. The quantitative estimate of drug-likeness (QED) is 0.629. The average molecular weight is 198 g/mol. The van der Waals surface area contributed by atoms with Crippen molar-refractivity contribution in [1.29, 1.82) is 0 Å². The van der Waals surface area contributed by atoms with Crippen LogP contribution in [0, 0.1) is 0 Å². The second-order valence-corrected chi connectivity index (χ2v) is 3.35. The first-order valence-corrected chi connectivity index (χ1v) is 5.37. The molecule has 0 nitrogen and oxygen atoms in total. The zero-order valence-corrected chi connectivity index (χ0v) is 9.53. The normalized spacial score (nSPS) is 12.0. The van der Waals surface area contributed by atoms with E-state index in [1.807, 2.05) is 6.08 Å². The van der Waals surface area contributed by atoms with E-state index in [9.17, 15) is 0 Å². The van der Waals surface area contributed by atoms with Gasteiger partial charge in [-0.1, -0.05) is 62.1 Å². The summed E-state index contributed by atoms with van der Waals surface area (Å²) in [6.45, 7) is 7.94. The molecule has 0 saturated heterocycles. The van der Waals surface area contributed by atoms with E-state index >= 15 is 0 Å². The lowest BCUT2D eigenvalue weighted by Crippen LogP contribution is -1.89. The summed E-state index contributed by atoms with van der Waals surface area (Å²) in [7, 11) is 0. The first-order chi connectivity index (χ1) is 7.33. The van der Waals surface area contributed by atoms with Crippen molar-refractivity contribution in [3.63, 3.8) is 0 Å². The second-order valence-electron chi connectivity index (χ2n) is 3.35. The lowest BCUT2D eigenvalue weighted by atomic mass is 9.97. The maximum atomic E-state index is 3.69. The maximum Gasteiger partial charge on any atom is -0.0155 e. The van der Waals surface area contributed by atoms with Crippen molar-refractivity contribution in [1.82, 2.24) is 0 Å². The predicted octanol–water partition coefficient (Wildman–Crippen LogP) is 4.39. The SMILES string of the molecule is C=CC=CC(=CC)c1ccccc1CC. The molecule has 0 atom stereocenters. The summed E-state index contributed by atoms with van der Waals surface area (Å²) in [6, 6.07) is 8.52. The summed E-state index contributed by atoms with van der Waals surface area (Å²) >= 11 is 0. The van der Waals surface area contributed by atoms with E-state index in [4.69, 9.17) is 0 Å². The van der Waals surface area contributed by atoms with E-state index in [2.05, 4.69) is 56.8 Å². The molecule has 0 bridgehead atoms. The minimum atomic E-state index is 1.06. The van der Waals surface area contributed by atoms with E-state index in [0.29, 0.717) is 0 Å². The summed E-state index contributed by atoms with van der Waals surface area (Å²) < 4.78 is 0. The lowest BCUT2D eigenvalue weighted by Gasteiger charge is -2.07. The summed E-state index contributed by atoms with van der Waals surface area (Å²) in [6.07, 6.45) is 9.07. The molecule has 0 saturated carbocycles. The third-order valence-electron chi connectivity index (χ3n) is 2.43. The Balaban J connectivity index is 3.12. The van der Waals surface area contributed by atoms with Crippen molar-refractivity contribution >= 4 is 5.57 Å². The van der Waals surface area contributed by atoms with Gasteiger partial charge in [-0.25, -0.2) is 0 Å². The smallest absolute Gasteiger partial charge is 0.0155 e. The highest BCUT2D eigenvalue weighted by atomic mass is 14.1. The molecule has 1 aromatic carbocycles. The highest BCUT2D eigenvalue weighted by Gasteiger charge is 2.01. The molecule has 0 heteroatoms. The molecular formula is C15H18. The monoisotopic (exact) mass is 198 g/mol. The number of aryl methyl sites for hydroxylation is 1. The van der Waals surface area contributed by atoms with Crippen LogP contribution in [0.15, 0.2) is 55.1 Å². The van der Waals surface area contributed by atoms with E-state index in [1.165, 1.54) is 16.7 Å². The van der Waals surface area contributed by atoms with E-state index in [-0.39, 0.29) is 0 Å². The zero-order chi connectivity index (χ0) is 11.1. The molecule has 0 spiro atoms. The van der Waals surface area contributed by atoms with Gasteiger partial charge >= 0.3 is 0 Å². The molecule has 15 heavy (non-hydrogen) atoms. The van der Waals surface area contributed by atoms with Gasteiger partial charge in [0, 0.05) is 0 Å². The van der Waals surface area contributed by atoms with Crippen molar-refractivity contribution in [2.24, 2.45) is 0 Å². The molecule has 1 rings (SSSR count). The first-order valence-electron chi connectivity index (χ1n) is 5.37. The van der Waals surface area contributed by atoms with E-state index in [1.54, 1.807) is 6.08 Å². The molecule has 0 aliphatic rings. The van der Waals surface area contributed by atoms with Gasteiger partial charge in [-0.2, -0.15) is 0 Å². The Morgan fingerprint density at radius 3 is 2.67 bits per heavy atom. The topological polar surface area (TPSA) is 0 Å². The van der Waals surface area contributed by atoms with Gasteiger partial charge in [0.25, 0.3) is 0 Å². The van der Waals surface area contributed by atoms with Gasteiger partial charge in [-0.3, -0.25) is 0 Å². The fraction of sp³-hybridized carbons (Fsp3) is 0.200. The van der Waals surface area contributed by atoms with Crippen LogP contribution < -0.4 is 0 Å². The summed E-state index contributed by atoms with van der Waals surface area (Å²) in [5.41, 5.74) is 3.97. The van der Waals surface area contributed by atoms with Gasteiger partial charge in [0.2, 0.25) is 0 Å². The van der Waals surface area contributed by atoms with Gasteiger partial charge in [-0.05, 0) is 30.0 Å². The van der Waals surface area contributed by atoms with Crippen LogP contribution in [0.25, 0.3) is 5.57 Å². The van der Waals surface area contributed by atoms with Crippen molar-refractivity contribution in [3.8, 4) is 0 Å². The Bertz CT molecular complexity index is 381. The number of rotatable bonds is 4. The fourth-order valence-corrected chi connectivity index (χ4v) is 1.62. The average Bonchev–Trinajstić information content (AvgIpc) is 2.30. The molecule has 78 valence electrons. The molecule has 0 aliphatic heterocycles. The number of benzene rings is 1. The van der Waals surface area contributed by atoms with Crippen LogP contribution >= 0.6 is 0 Å². The minimum absolute atomic E-state index is 1.06.